The highest BCUT2D eigenvalue weighted by molar-refractivity contribution is 9.23. The topological polar surface area (TPSA) is 0 Å². The average molecular weight is 273 g/mol. The maximum Gasteiger partial charge on any atom is 0.476 e. The van der Waals surface area contributed by atoms with Gasteiger partial charge in [-0.1, -0.05) is 65.4 Å². The minimum Gasteiger partial charge on any atom is -0.306 e. The lowest BCUT2D eigenvalue weighted by atomic mass is 10.0. The van der Waals surface area contributed by atoms with Gasteiger partial charge in [-0.3, -0.25) is 0 Å². The van der Waals surface area contributed by atoms with Gasteiger partial charge in [0.1, 0.15) is 0 Å². The molecular formula is C13H13BrMg. The molecule has 15 heavy (non-hydrogen) atoms. The molecule has 2 aromatic rings. The van der Waals surface area contributed by atoms with Crippen LogP contribution in [0.15, 0.2) is 42.5 Å². The molecule has 0 spiro atoms. The summed E-state index contributed by atoms with van der Waals surface area (Å²) in [5.41, 5.74) is 1.53. The Labute approximate surface area is 107 Å². The highest BCUT2D eigenvalue weighted by Gasteiger charge is 2.12. The highest BCUT2D eigenvalue weighted by atomic mass is 79.9. The van der Waals surface area contributed by atoms with Crippen molar-refractivity contribution in [2.24, 2.45) is 0 Å². The van der Waals surface area contributed by atoms with Gasteiger partial charge in [-0.05, 0) is 10.8 Å². The molecule has 2 rings (SSSR count). The van der Waals surface area contributed by atoms with E-state index in [9.17, 15) is 0 Å². The molecule has 0 bridgehead atoms. The summed E-state index contributed by atoms with van der Waals surface area (Å²) in [5.74, 6) is 0. The zero-order valence-corrected chi connectivity index (χ0v) is 11.9. The number of fused-ring (bicyclic) bond motifs is 1. The van der Waals surface area contributed by atoms with Gasteiger partial charge >= 0.3 is 18.2 Å². The van der Waals surface area contributed by atoms with E-state index in [0.29, 0.717) is 0 Å². The van der Waals surface area contributed by atoms with Crippen LogP contribution in [0.25, 0.3) is 10.8 Å². The molecule has 0 aliphatic rings. The lowest BCUT2D eigenvalue weighted by Gasteiger charge is -2.14. The summed E-state index contributed by atoms with van der Waals surface area (Å²) in [4.78, 5) is 0. The fourth-order valence-electron chi connectivity index (χ4n) is 2.02. The van der Waals surface area contributed by atoms with E-state index in [1.807, 2.05) is 0 Å². The Morgan fingerprint density at radius 1 is 1.13 bits per heavy atom. The number of benzene rings is 2. The predicted molar refractivity (Wildman–Crippen MR) is 71.7 cm³/mol. The first kappa shape index (κ1) is 11.4. The third-order valence-electron chi connectivity index (χ3n) is 2.94. The molecule has 0 radical (unpaired) electrons. The first-order chi connectivity index (χ1) is 7.36. The molecule has 2 aromatic carbocycles. The van der Waals surface area contributed by atoms with Crippen molar-refractivity contribution in [3.8, 4) is 0 Å². The van der Waals surface area contributed by atoms with E-state index in [0.717, 1.165) is 4.05 Å². The Morgan fingerprint density at radius 3 is 2.60 bits per heavy atom. The Morgan fingerprint density at radius 2 is 1.87 bits per heavy atom. The van der Waals surface area contributed by atoms with E-state index in [1.165, 1.54) is 22.8 Å². The van der Waals surface area contributed by atoms with Crippen molar-refractivity contribution in [3.63, 3.8) is 0 Å². The summed E-state index contributed by atoms with van der Waals surface area (Å²) in [6.45, 7) is 2.28. The van der Waals surface area contributed by atoms with Crippen LogP contribution in [0.2, 0.25) is 0 Å². The second kappa shape index (κ2) is 5.33. The third-order valence-corrected chi connectivity index (χ3v) is 6.68. The first-order valence-corrected chi connectivity index (χ1v) is 10.1. The summed E-state index contributed by atoms with van der Waals surface area (Å²) in [6.07, 6.45) is 1.24. The van der Waals surface area contributed by atoms with Crippen molar-refractivity contribution in [2.75, 3.05) is 0 Å². The first-order valence-electron chi connectivity index (χ1n) is 5.40. The lowest BCUT2D eigenvalue weighted by molar-refractivity contribution is 0.888. The summed E-state index contributed by atoms with van der Waals surface area (Å²) in [6, 6.07) is 15.3. The molecule has 0 fully saturated rings. The molecule has 1 atom stereocenters. The number of hydrogen-bond donors (Lipinski definition) is 0. The maximum atomic E-state index is 3.74. The molecule has 0 saturated heterocycles. The minimum absolute atomic E-state index is 0.146. The predicted octanol–water partition coefficient (Wildman–Crippen LogP) is 4.31. The van der Waals surface area contributed by atoms with Gasteiger partial charge in [0.2, 0.25) is 0 Å². The quantitative estimate of drug-likeness (QED) is 0.731. The Kier molecular flexibility index (Phi) is 4.06. The molecule has 0 heterocycles. The van der Waals surface area contributed by atoms with Crippen molar-refractivity contribution < 1.29 is 0 Å². The van der Waals surface area contributed by atoms with Gasteiger partial charge in [0.05, 0.1) is 0 Å². The number of hydrogen-bond acceptors (Lipinski definition) is 0. The normalized spacial score (nSPS) is 12.4. The fourth-order valence-corrected chi connectivity index (χ4v) is 5.18. The van der Waals surface area contributed by atoms with Crippen molar-refractivity contribution in [1.82, 2.24) is 0 Å². The summed E-state index contributed by atoms with van der Waals surface area (Å²) >= 11 is 3.59. The van der Waals surface area contributed by atoms with Crippen molar-refractivity contribution in [1.29, 1.82) is 0 Å². The number of rotatable bonds is 3. The summed E-state index contributed by atoms with van der Waals surface area (Å²) in [5, 5.41) is 2.79. The molecule has 0 N–H and O–H groups in total. The Bertz CT molecular complexity index is 444. The van der Waals surface area contributed by atoms with E-state index in [1.54, 1.807) is 0 Å². The van der Waals surface area contributed by atoms with Crippen molar-refractivity contribution in [2.45, 2.75) is 17.4 Å². The highest BCUT2D eigenvalue weighted by Crippen LogP contribution is 2.27. The monoisotopic (exact) mass is 272 g/mol. The van der Waals surface area contributed by atoms with E-state index in [-0.39, 0.29) is 18.2 Å². The second-order valence-corrected chi connectivity index (χ2v) is 7.06. The van der Waals surface area contributed by atoms with E-state index in [2.05, 4.69) is 62.3 Å². The smallest absolute Gasteiger partial charge is 0.306 e. The molecular weight excluding hydrogens is 260 g/mol. The van der Waals surface area contributed by atoms with Gasteiger partial charge in [-0.2, -0.15) is 0 Å². The van der Waals surface area contributed by atoms with Gasteiger partial charge in [0.15, 0.2) is 0 Å². The standard InChI is InChI=1S/C13H13.BrH.Mg/c1-2-6-11-8-5-9-12-7-3-4-10-13(11)12;;/h3-10H,2H2,1H3;1H;/q;;+1/p-1. The summed E-state index contributed by atoms with van der Waals surface area (Å²) < 4.78 is 0.760. The SMILES string of the molecule is CC[CH]([Mg][Br])c1cccc2ccccc12. The molecule has 0 aliphatic heterocycles. The largest absolute Gasteiger partial charge is 0.476 e. The molecule has 2 heteroatoms. The van der Waals surface area contributed by atoms with E-state index < -0.39 is 0 Å². The van der Waals surface area contributed by atoms with Crippen LogP contribution in [0.4, 0.5) is 0 Å². The lowest BCUT2D eigenvalue weighted by Crippen LogP contribution is -2.02. The Hall–Kier alpha value is -0.0538. The van der Waals surface area contributed by atoms with Crippen LogP contribution in [-0.2, 0) is 0 Å². The fraction of sp³-hybridized carbons (Fsp3) is 0.231. The zero-order chi connectivity index (χ0) is 10.7. The molecule has 0 aliphatic carbocycles. The molecule has 0 aromatic heterocycles. The average Bonchev–Trinajstić information content (AvgIpc) is 2.31. The van der Waals surface area contributed by atoms with Gasteiger partial charge in [-0.25, -0.2) is 0 Å². The molecule has 74 valence electrons. The Balaban J connectivity index is 2.59. The molecule has 0 saturated carbocycles. The van der Waals surface area contributed by atoms with Gasteiger partial charge in [0.25, 0.3) is 0 Å². The number of halogens is 1. The summed E-state index contributed by atoms with van der Waals surface area (Å²) in [7, 11) is 0. The van der Waals surface area contributed by atoms with Gasteiger partial charge in [0, 0.05) is 0 Å². The van der Waals surface area contributed by atoms with Crippen LogP contribution >= 0.6 is 12.9 Å². The van der Waals surface area contributed by atoms with Crippen LogP contribution in [0, 0.1) is 0 Å². The van der Waals surface area contributed by atoms with Crippen LogP contribution in [0.3, 0.4) is 0 Å². The van der Waals surface area contributed by atoms with Crippen LogP contribution in [0.1, 0.15) is 23.0 Å². The second-order valence-electron chi connectivity index (χ2n) is 3.83. The van der Waals surface area contributed by atoms with Crippen LogP contribution in [0.5, 0.6) is 0 Å². The van der Waals surface area contributed by atoms with Crippen LogP contribution in [-0.4, -0.2) is 18.2 Å². The third kappa shape index (κ3) is 2.38. The molecule has 0 nitrogen and oxygen atoms in total. The maximum absolute atomic E-state index is 3.74. The zero-order valence-electron chi connectivity index (χ0n) is 8.91. The van der Waals surface area contributed by atoms with Gasteiger partial charge < -0.3 is 12.9 Å². The van der Waals surface area contributed by atoms with Crippen LogP contribution < -0.4 is 0 Å². The minimum atomic E-state index is -0.146. The molecule has 0 amide bonds. The molecule has 1 unspecified atom stereocenters. The van der Waals surface area contributed by atoms with E-state index >= 15 is 0 Å². The van der Waals surface area contributed by atoms with Crippen molar-refractivity contribution in [3.05, 3.63) is 48.0 Å². The van der Waals surface area contributed by atoms with Gasteiger partial charge in [-0.15, -0.1) is 0 Å². The van der Waals surface area contributed by atoms with E-state index in [4.69, 9.17) is 0 Å². The van der Waals surface area contributed by atoms with Crippen molar-refractivity contribution >= 4 is 41.8 Å².